The summed E-state index contributed by atoms with van der Waals surface area (Å²) >= 11 is 0. The molecule has 3 nitrogen and oxygen atoms in total. The van der Waals surface area contributed by atoms with Crippen LogP contribution in [0.5, 0.6) is 0 Å². The van der Waals surface area contributed by atoms with Gasteiger partial charge in [0.15, 0.2) is 0 Å². The van der Waals surface area contributed by atoms with Crippen LogP contribution in [0.3, 0.4) is 0 Å². The molecule has 1 rings (SSSR count). The summed E-state index contributed by atoms with van der Waals surface area (Å²) in [6.07, 6.45) is 0.755. The van der Waals surface area contributed by atoms with Crippen LogP contribution < -0.4 is 0 Å². The number of carbonyl (C=O) groups excluding carboxylic acids is 1. The van der Waals surface area contributed by atoms with Gasteiger partial charge in [0.25, 0.3) is 6.08 Å². The summed E-state index contributed by atoms with van der Waals surface area (Å²) in [5, 5.41) is 10.1. The van der Waals surface area contributed by atoms with E-state index < -0.39 is 23.6 Å². The zero-order valence-corrected chi connectivity index (χ0v) is 9.21. The van der Waals surface area contributed by atoms with Gasteiger partial charge in [-0.2, -0.15) is 8.78 Å². The van der Waals surface area contributed by atoms with Crippen molar-refractivity contribution in [3.8, 4) is 0 Å². The van der Waals surface area contributed by atoms with Gasteiger partial charge < -0.3 is 9.84 Å². The lowest BCUT2D eigenvalue weighted by atomic mass is 9.86. The van der Waals surface area contributed by atoms with Crippen LogP contribution in [0.2, 0.25) is 0 Å². The van der Waals surface area contributed by atoms with Gasteiger partial charge in [-0.05, 0) is 25.8 Å². The molecule has 1 aliphatic rings. The normalized spacial score (nSPS) is 20.2. The van der Waals surface area contributed by atoms with Crippen LogP contribution >= 0.6 is 0 Å². The van der Waals surface area contributed by atoms with E-state index in [-0.39, 0.29) is 6.61 Å². The summed E-state index contributed by atoms with van der Waals surface area (Å²) in [7, 11) is 0. The molecule has 16 heavy (non-hydrogen) atoms. The number of esters is 1. The van der Waals surface area contributed by atoms with E-state index in [1.165, 1.54) is 0 Å². The summed E-state index contributed by atoms with van der Waals surface area (Å²) in [6.45, 7) is 1.72. The minimum atomic E-state index is -1.96. The molecule has 1 unspecified atom stereocenters. The summed E-state index contributed by atoms with van der Waals surface area (Å²) < 4.78 is 29.2. The van der Waals surface area contributed by atoms with Crippen molar-refractivity contribution >= 4 is 5.97 Å². The Morgan fingerprint density at radius 3 is 2.50 bits per heavy atom. The van der Waals surface area contributed by atoms with E-state index in [0.717, 1.165) is 12.8 Å². The molecule has 92 valence electrons. The molecule has 0 spiro atoms. The lowest BCUT2D eigenvalue weighted by Gasteiger charge is -2.28. The quantitative estimate of drug-likeness (QED) is 0.759. The van der Waals surface area contributed by atoms with E-state index in [4.69, 9.17) is 4.74 Å². The molecule has 0 radical (unpaired) electrons. The summed E-state index contributed by atoms with van der Waals surface area (Å²) in [5.41, 5.74) is -1.37. The fourth-order valence-electron chi connectivity index (χ4n) is 2.10. The molecular weight excluding hydrogens is 218 g/mol. The molecular formula is C11H16F2O3. The molecule has 0 aromatic heterocycles. The molecule has 1 atom stereocenters. The van der Waals surface area contributed by atoms with Crippen LogP contribution in [-0.2, 0) is 9.53 Å². The average molecular weight is 234 g/mol. The molecule has 0 aromatic rings. The molecule has 0 bridgehead atoms. The fourth-order valence-corrected chi connectivity index (χ4v) is 2.10. The third-order valence-corrected chi connectivity index (χ3v) is 2.88. The highest BCUT2D eigenvalue weighted by Gasteiger charge is 2.43. The number of halogens is 2. The Bertz CT molecular complexity index is 279. The second-order valence-corrected chi connectivity index (χ2v) is 4.00. The van der Waals surface area contributed by atoms with E-state index in [1.807, 2.05) is 0 Å². The van der Waals surface area contributed by atoms with E-state index in [1.54, 1.807) is 6.92 Å². The lowest BCUT2D eigenvalue weighted by Crippen LogP contribution is -2.39. The first-order chi connectivity index (χ1) is 7.49. The van der Waals surface area contributed by atoms with Gasteiger partial charge in [-0.25, -0.2) is 0 Å². The van der Waals surface area contributed by atoms with Crippen LogP contribution in [0.1, 0.15) is 32.6 Å². The highest BCUT2D eigenvalue weighted by Crippen LogP contribution is 2.37. The second-order valence-electron chi connectivity index (χ2n) is 4.00. The Morgan fingerprint density at radius 1 is 1.50 bits per heavy atom. The average Bonchev–Trinajstić information content (AvgIpc) is 2.62. The Kier molecular flexibility index (Phi) is 4.41. The van der Waals surface area contributed by atoms with Crippen molar-refractivity contribution < 1.29 is 23.4 Å². The molecule has 0 heterocycles. The van der Waals surface area contributed by atoms with Crippen LogP contribution in [0.25, 0.3) is 0 Å². The van der Waals surface area contributed by atoms with E-state index in [2.05, 4.69) is 0 Å². The summed E-state index contributed by atoms with van der Waals surface area (Å²) in [5.74, 6) is -2.03. The van der Waals surface area contributed by atoms with Crippen molar-refractivity contribution in [2.45, 2.75) is 38.2 Å². The predicted molar refractivity (Wildman–Crippen MR) is 53.8 cm³/mol. The van der Waals surface area contributed by atoms with Crippen LogP contribution in [-0.4, -0.2) is 23.3 Å². The standard InChI is InChI=1S/C11H16F2O3/c1-2-16-10(14)8(7-9(12)13)11(15)5-3-4-6-11/h7-8,15H,2-6H2,1H3. The number of rotatable bonds is 4. The van der Waals surface area contributed by atoms with Crippen molar-refractivity contribution in [1.29, 1.82) is 0 Å². The Balaban J connectivity index is 2.86. The SMILES string of the molecule is CCOC(=O)C(C=C(F)F)C1(O)CCCC1. The van der Waals surface area contributed by atoms with Gasteiger partial charge in [0.1, 0.15) is 5.92 Å². The summed E-state index contributed by atoms with van der Waals surface area (Å²) in [6, 6.07) is 0. The molecule has 0 amide bonds. The lowest BCUT2D eigenvalue weighted by molar-refractivity contribution is -0.154. The van der Waals surface area contributed by atoms with Gasteiger partial charge in [-0.15, -0.1) is 0 Å². The largest absolute Gasteiger partial charge is 0.465 e. The van der Waals surface area contributed by atoms with Gasteiger partial charge in [0, 0.05) is 0 Å². The maximum absolute atomic E-state index is 12.3. The van der Waals surface area contributed by atoms with Gasteiger partial charge >= 0.3 is 5.97 Å². The van der Waals surface area contributed by atoms with Gasteiger partial charge in [-0.3, -0.25) is 4.79 Å². The Hall–Kier alpha value is -0.970. The zero-order valence-electron chi connectivity index (χ0n) is 9.21. The van der Waals surface area contributed by atoms with Crippen molar-refractivity contribution in [2.24, 2.45) is 5.92 Å². The van der Waals surface area contributed by atoms with Crippen molar-refractivity contribution in [3.05, 3.63) is 12.2 Å². The van der Waals surface area contributed by atoms with E-state index >= 15 is 0 Å². The van der Waals surface area contributed by atoms with Crippen molar-refractivity contribution in [1.82, 2.24) is 0 Å². The predicted octanol–water partition coefficient (Wildman–Crippen LogP) is 2.25. The highest BCUT2D eigenvalue weighted by atomic mass is 19.3. The monoisotopic (exact) mass is 234 g/mol. The number of hydrogen-bond donors (Lipinski definition) is 1. The first-order valence-corrected chi connectivity index (χ1v) is 5.41. The first kappa shape index (κ1) is 13.1. The van der Waals surface area contributed by atoms with Crippen LogP contribution in [0.15, 0.2) is 12.2 Å². The molecule has 0 aliphatic heterocycles. The molecule has 5 heteroatoms. The number of ether oxygens (including phenoxy) is 1. The van der Waals surface area contributed by atoms with E-state index in [0.29, 0.717) is 18.9 Å². The first-order valence-electron chi connectivity index (χ1n) is 5.41. The molecule has 0 aromatic carbocycles. The Morgan fingerprint density at radius 2 is 2.06 bits per heavy atom. The van der Waals surface area contributed by atoms with Gasteiger partial charge in [0.2, 0.25) is 0 Å². The van der Waals surface area contributed by atoms with Gasteiger partial charge in [0.05, 0.1) is 12.2 Å². The molecule has 1 N–H and O–H groups in total. The summed E-state index contributed by atoms with van der Waals surface area (Å²) in [4.78, 5) is 11.5. The maximum Gasteiger partial charge on any atom is 0.315 e. The van der Waals surface area contributed by atoms with E-state index in [9.17, 15) is 18.7 Å². The minimum Gasteiger partial charge on any atom is -0.465 e. The number of aliphatic hydroxyl groups is 1. The van der Waals surface area contributed by atoms with Crippen molar-refractivity contribution in [2.75, 3.05) is 6.61 Å². The third-order valence-electron chi connectivity index (χ3n) is 2.88. The fraction of sp³-hybridized carbons (Fsp3) is 0.727. The van der Waals surface area contributed by atoms with Crippen LogP contribution in [0.4, 0.5) is 8.78 Å². The number of carbonyl (C=O) groups is 1. The third kappa shape index (κ3) is 3.01. The molecule has 1 aliphatic carbocycles. The highest BCUT2D eigenvalue weighted by molar-refractivity contribution is 5.76. The zero-order chi connectivity index (χ0) is 12.2. The molecule has 1 saturated carbocycles. The van der Waals surface area contributed by atoms with Crippen molar-refractivity contribution in [3.63, 3.8) is 0 Å². The second kappa shape index (κ2) is 5.39. The van der Waals surface area contributed by atoms with Gasteiger partial charge in [-0.1, -0.05) is 12.8 Å². The topological polar surface area (TPSA) is 46.5 Å². The minimum absolute atomic E-state index is 0.118. The molecule has 1 fully saturated rings. The maximum atomic E-state index is 12.3. The van der Waals surface area contributed by atoms with Crippen LogP contribution in [0, 0.1) is 5.92 Å². The Labute approximate surface area is 93.1 Å². The smallest absolute Gasteiger partial charge is 0.315 e. The number of hydrogen-bond acceptors (Lipinski definition) is 3. The molecule has 0 saturated heterocycles.